The number of aromatic nitrogens is 2. The lowest BCUT2D eigenvalue weighted by Gasteiger charge is -2.31. The fraction of sp³-hybridized carbons (Fsp3) is 0.0233. The summed E-state index contributed by atoms with van der Waals surface area (Å²) >= 11 is 0. The van der Waals surface area contributed by atoms with E-state index in [2.05, 4.69) is 137 Å². The van der Waals surface area contributed by atoms with Crippen molar-refractivity contribution in [3.63, 3.8) is 0 Å². The van der Waals surface area contributed by atoms with Crippen LogP contribution in [0.5, 0.6) is 0 Å². The van der Waals surface area contributed by atoms with Crippen LogP contribution >= 0.6 is 0 Å². The zero-order valence-corrected chi connectivity index (χ0v) is 24.4. The second-order valence-electron chi connectivity index (χ2n) is 12.2. The number of fused-ring (bicyclic) bond motifs is 13. The van der Waals surface area contributed by atoms with Crippen LogP contribution in [0.25, 0.3) is 66.3 Å². The van der Waals surface area contributed by atoms with Crippen LogP contribution in [-0.4, -0.2) is 9.97 Å². The van der Waals surface area contributed by atoms with Crippen LogP contribution in [0.1, 0.15) is 22.3 Å². The van der Waals surface area contributed by atoms with Crippen molar-refractivity contribution in [3.05, 3.63) is 180 Å². The highest BCUT2D eigenvalue weighted by Crippen LogP contribution is 2.64. The fourth-order valence-electron chi connectivity index (χ4n) is 8.10. The van der Waals surface area contributed by atoms with Gasteiger partial charge < -0.3 is 0 Å². The van der Waals surface area contributed by atoms with Crippen LogP contribution < -0.4 is 0 Å². The van der Waals surface area contributed by atoms with Gasteiger partial charge in [-0.15, -0.1) is 0 Å². The molecular weight excluding hydrogens is 544 g/mol. The molecule has 0 aliphatic heterocycles. The van der Waals surface area contributed by atoms with Crippen LogP contribution in [-0.2, 0) is 5.41 Å². The third-order valence-corrected chi connectivity index (χ3v) is 9.95. The molecule has 2 heterocycles. The van der Waals surface area contributed by atoms with Crippen LogP contribution in [0.15, 0.2) is 158 Å². The molecule has 0 saturated heterocycles. The molecule has 2 aromatic heterocycles. The predicted molar refractivity (Wildman–Crippen MR) is 184 cm³/mol. The summed E-state index contributed by atoms with van der Waals surface area (Å²) in [6, 6.07) is 53.5. The summed E-state index contributed by atoms with van der Waals surface area (Å²) in [6.07, 6.45) is 3.70. The van der Waals surface area contributed by atoms with Gasteiger partial charge in [0.2, 0.25) is 0 Å². The van der Waals surface area contributed by atoms with Crippen molar-refractivity contribution in [2.45, 2.75) is 5.41 Å². The number of benzene rings is 6. The molecule has 0 radical (unpaired) electrons. The Morgan fingerprint density at radius 3 is 1.84 bits per heavy atom. The van der Waals surface area contributed by atoms with Gasteiger partial charge in [0.15, 0.2) is 0 Å². The SMILES string of the molecule is c1ccc(-c2cc(-c3ccc4c5c(ccc4c3)-c3cc4ccccc4cc3C53c4ccccc4-c4ccccc43)ccn2)nc1. The second-order valence-corrected chi connectivity index (χ2v) is 12.2. The molecule has 0 unspecified atom stereocenters. The molecule has 6 aromatic carbocycles. The molecule has 0 N–H and O–H groups in total. The quantitative estimate of drug-likeness (QED) is 0.207. The van der Waals surface area contributed by atoms with Gasteiger partial charge in [-0.05, 0) is 120 Å². The minimum Gasteiger partial charge on any atom is -0.255 e. The summed E-state index contributed by atoms with van der Waals surface area (Å²) in [5.74, 6) is 0. The third-order valence-electron chi connectivity index (χ3n) is 9.95. The first-order valence-corrected chi connectivity index (χ1v) is 15.5. The number of nitrogens with zero attached hydrogens (tertiary/aromatic N) is 2. The van der Waals surface area contributed by atoms with Crippen molar-refractivity contribution in [3.8, 4) is 44.8 Å². The topological polar surface area (TPSA) is 25.8 Å². The number of hydrogen-bond acceptors (Lipinski definition) is 2. The number of rotatable bonds is 2. The van der Waals surface area contributed by atoms with E-state index in [0.29, 0.717) is 0 Å². The highest BCUT2D eigenvalue weighted by molar-refractivity contribution is 6.06. The highest BCUT2D eigenvalue weighted by Gasteiger charge is 2.52. The maximum Gasteiger partial charge on any atom is 0.0892 e. The normalized spacial score (nSPS) is 13.5. The Hall–Kier alpha value is -5.86. The fourth-order valence-corrected chi connectivity index (χ4v) is 8.10. The van der Waals surface area contributed by atoms with Gasteiger partial charge in [0.25, 0.3) is 0 Å². The molecule has 0 amide bonds. The smallest absolute Gasteiger partial charge is 0.0892 e. The van der Waals surface area contributed by atoms with Gasteiger partial charge in [-0.3, -0.25) is 9.97 Å². The molecule has 8 aromatic rings. The van der Waals surface area contributed by atoms with E-state index in [1.807, 2.05) is 30.6 Å². The summed E-state index contributed by atoms with van der Waals surface area (Å²) in [4.78, 5) is 9.15. The Morgan fingerprint density at radius 1 is 0.378 bits per heavy atom. The summed E-state index contributed by atoms with van der Waals surface area (Å²) in [5, 5.41) is 5.08. The Morgan fingerprint density at radius 2 is 1.07 bits per heavy atom. The van der Waals surface area contributed by atoms with E-state index in [4.69, 9.17) is 0 Å². The van der Waals surface area contributed by atoms with Crippen LogP contribution in [0.3, 0.4) is 0 Å². The van der Waals surface area contributed by atoms with Gasteiger partial charge in [-0.2, -0.15) is 0 Å². The zero-order chi connectivity index (χ0) is 29.5. The van der Waals surface area contributed by atoms with Crippen molar-refractivity contribution in [2.24, 2.45) is 0 Å². The van der Waals surface area contributed by atoms with E-state index >= 15 is 0 Å². The number of pyridine rings is 2. The van der Waals surface area contributed by atoms with Gasteiger partial charge in [0.1, 0.15) is 0 Å². The molecule has 0 saturated carbocycles. The molecule has 2 aliphatic rings. The minimum absolute atomic E-state index is 0.397. The van der Waals surface area contributed by atoms with Gasteiger partial charge in [0, 0.05) is 12.4 Å². The average Bonchev–Trinajstić information content (AvgIpc) is 3.58. The molecule has 0 fully saturated rings. The monoisotopic (exact) mass is 570 g/mol. The van der Waals surface area contributed by atoms with Crippen LogP contribution in [0.2, 0.25) is 0 Å². The molecule has 2 aliphatic carbocycles. The summed E-state index contributed by atoms with van der Waals surface area (Å²) < 4.78 is 0. The summed E-state index contributed by atoms with van der Waals surface area (Å²) in [7, 11) is 0. The molecule has 2 heteroatoms. The minimum atomic E-state index is -0.397. The number of hydrogen-bond donors (Lipinski definition) is 0. The molecule has 45 heavy (non-hydrogen) atoms. The Labute approximate surface area is 261 Å². The molecule has 0 bridgehead atoms. The zero-order valence-electron chi connectivity index (χ0n) is 24.4. The maximum absolute atomic E-state index is 4.62. The lowest BCUT2D eigenvalue weighted by molar-refractivity contribution is 0.802. The molecule has 10 rings (SSSR count). The maximum atomic E-state index is 4.62. The standard InChI is InChI=1S/C43H26N2/c1-2-10-28-25-39-36(24-27(28)9-1)35-19-17-31-23-29(30-20-22-45-41(26-30)40-15-7-8-21-44-40)16-18-32(31)42(35)43(39)37-13-5-3-11-33(37)34-12-4-6-14-38(34)43/h1-26H. The van der Waals surface area contributed by atoms with E-state index in [1.54, 1.807) is 0 Å². The molecule has 2 nitrogen and oxygen atoms in total. The van der Waals surface area contributed by atoms with Crippen LogP contribution in [0.4, 0.5) is 0 Å². The molecule has 1 spiro atoms. The summed E-state index contributed by atoms with van der Waals surface area (Å²) in [6.45, 7) is 0. The molecule has 208 valence electrons. The first-order chi connectivity index (χ1) is 22.3. The van der Waals surface area contributed by atoms with Crippen molar-refractivity contribution in [2.75, 3.05) is 0 Å². The average molecular weight is 571 g/mol. The van der Waals surface area contributed by atoms with Gasteiger partial charge >= 0.3 is 0 Å². The first kappa shape index (κ1) is 24.6. The third kappa shape index (κ3) is 3.29. The predicted octanol–water partition coefficient (Wildman–Crippen LogP) is 10.5. The van der Waals surface area contributed by atoms with Crippen molar-refractivity contribution >= 4 is 21.5 Å². The van der Waals surface area contributed by atoms with Gasteiger partial charge in [-0.25, -0.2) is 0 Å². The van der Waals surface area contributed by atoms with Gasteiger partial charge in [0.05, 0.1) is 16.8 Å². The first-order valence-electron chi connectivity index (χ1n) is 15.5. The van der Waals surface area contributed by atoms with Crippen molar-refractivity contribution in [1.29, 1.82) is 0 Å². The lowest BCUT2D eigenvalue weighted by atomic mass is 9.69. The van der Waals surface area contributed by atoms with E-state index in [0.717, 1.165) is 17.0 Å². The Bertz CT molecular complexity index is 2450. The van der Waals surface area contributed by atoms with Gasteiger partial charge in [-0.1, -0.05) is 103 Å². The van der Waals surface area contributed by atoms with E-state index in [-0.39, 0.29) is 0 Å². The molecular formula is C43H26N2. The summed E-state index contributed by atoms with van der Waals surface area (Å²) in [5.41, 5.74) is 14.5. The Kier molecular flexibility index (Phi) is 4.95. The Balaban J connectivity index is 1.27. The van der Waals surface area contributed by atoms with Crippen molar-refractivity contribution in [1.82, 2.24) is 9.97 Å². The second kappa shape index (κ2) is 9.07. The van der Waals surface area contributed by atoms with Crippen LogP contribution in [0, 0.1) is 0 Å². The van der Waals surface area contributed by atoms with E-state index < -0.39 is 5.41 Å². The lowest BCUT2D eigenvalue weighted by Crippen LogP contribution is -2.26. The van der Waals surface area contributed by atoms with Crippen molar-refractivity contribution < 1.29 is 0 Å². The van der Waals surface area contributed by atoms with E-state index in [1.165, 1.54) is 71.6 Å². The largest absolute Gasteiger partial charge is 0.255 e. The van der Waals surface area contributed by atoms with E-state index in [9.17, 15) is 0 Å². The highest BCUT2D eigenvalue weighted by atomic mass is 14.8. The molecule has 0 atom stereocenters.